The van der Waals surface area contributed by atoms with Crippen LogP contribution < -0.4 is 16.5 Å². The van der Waals surface area contributed by atoms with Crippen molar-refractivity contribution in [3.8, 4) is 0 Å². The van der Waals surface area contributed by atoms with E-state index in [0.717, 1.165) is 29.6 Å². The van der Waals surface area contributed by atoms with Crippen molar-refractivity contribution in [1.29, 1.82) is 0 Å². The van der Waals surface area contributed by atoms with Crippen LogP contribution in [0.2, 0.25) is 0 Å². The number of nitrogens with two attached hydrogens (primary N) is 1. The van der Waals surface area contributed by atoms with E-state index in [1.54, 1.807) is 0 Å². The molecule has 6 aliphatic carbocycles. The molecule has 6 atom stereocenters. The van der Waals surface area contributed by atoms with Gasteiger partial charge in [0.1, 0.15) is 0 Å². The summed E-state index contributed by atoms with van der Waals surface area (Å²) in [5, 5.41) is 6.42. The highest BCUT2D eigenvalue weighted by molar-refractivity contribution is 5.85. The van der Waals surface area contributed by atoms with Gasteiger partial charge in [-0.3, -0.25) is 10.4 Å². The third kappa shape index (κ3) is 5.06. The number of aliphatic imine (C=N–C) groups is 2. The first-order valence-electron chi connectivity index (χ1n) is 14.9. The molecule has 6 rings (SSSR count). The third-order valence-electron chi connectivity index (χ3n) is 10.3. The van der Waals surface area contributed by atoms with Crippen LogP contribution in [0, 0.1) is 23.7 Å². The van der Waals surface area contributed by atoms with Crippen molar-refractivity contribution in [1.82, 2.24) is 15.8 Å². The summed E-state index contributed by atoms with van der Waals surface area (Å²) in [7, 11) is 0. The van der Waals surface area contributed by atoms with Gasteiger partial charge in [0.05, 0.1) is 18.1 Å². The quantitative estimate of drug-likeness (QED) is 0.305. The molecule has 0 aromatic heterocycles. The predicted molar refractivity (Wildman–Crippen MR) is 139 cm³/mol. The maximum Gasteiger partial charge on any atom is 0.213 e. The second-order valence-electron chi connectivity index (χ2n) is 12.7. The highest BCUT2D eigenvalue weighted by Crippen LogP contribution is 2.47. The van der Waals surface area contributed by atoms with Crippen LogP contribution in [0.4, 0.5) is 0 Å². The average Bonchev–Trinajstić information content (AvgIpc) is 3.66. The Labute approximate surface area is 207 Å². The number of nitrogens with zero attached hydrogens (tertiary/aromatic N) is 3. The fraction of sp³-hybridized carbons (Fsp3) is 0.929. The molecule has 0 aliphatic heterocycles. The summed E-state index contributed by atoms with van der Waals surface area (Å²) in [6.45, 7) is 0. The summed E-state index contributed by atoms with van der Waals surface area (Å²) in [6, 6.07) is 1.92. The summed E-state index contributed by atoms with van der Waals surface area (Å²) in [6.07, 6.45) is 23.8. The first kappa shape index (κ1) is 23.0. The first-order chi connectivity index (χ1) is 16.7. The highest BCUT2D eigenvalue weighted by Gasteiger charge is 2.43. The van der Waals surface area contributed by atoms with Crippen molar-refractivity contribution in [2.45, 2.75) is 140 Å². The van der Waals surface area contributed by atoms with E-state index in [2.05, 4.69) is 15.8 Å². The van der Waals surface area contributed by atoms with Crippen LogP contribution in [0.15, 0.2) is 9.98 Å². The van der Waals surface area contributed by atoms with Crippen LogP contribution >= 0.6 is 0 Å². The van der Waals surface area contributed by atoms with Gasteiger partial charge in [0.2, 0.25) is 11.9 Å². The van der Waals surface area contributed by atoms with Crippen molar-refractivity contribution in [3.05, 3.63) is 0 Å². The minimum Gasteiger partial charge on any atom is -0.369 e. The molecular weight excluding hydrogens is 420 g/mol. The van der Waals surface area contributed by atoms with E-state index in [4.69, 9.17) is 15.7 Å². The van der Waals surface area contributed by atoms with Gasteiger partial charge in [-0.15, -0.1) is 0 Å². The topological polar surface area (TPSA) is 78.0 Å². The molecule has 4 bridgehead atoms. The van der Waals surface area contributed by atoms with Crippen LogP contribution in [0.5, 0.6) is 0 Å². The summed E-state index contributed by atoms with van der Waals surface area (Å²) >= 11 is 0. The number of rotatable bonds is 4. The Morgan fingerprint density at radius 2 is 1.35 bits per heavy atom. The SMILES string of the molecule is NC(=NC1CCCCC1)NN(C(=NC1CC2CCC1C2)NC1CC2CCC1C2)C1CCCCC1. The normalized spacial score (nSPS) is 39.1. The van der Waals surface area contributed by atoms with Crippen molar-refractivity contribution in [3.63, 3.8) is 0 Å². The summed E-state index contributed by atoms with van der Waals surface area (Å²) in [4.78, 5) is 10.5. The lowest BCUT2D eigenvalue weighted by Crippen LogP contribution is -2.60. The number of hydrogen-bond donors (Lipinski definition) is 3. The molecule has 6 saturated carbocycles. The van der Waals surface area contributed by atoms with Crippen LogP contribution in [-0.4, -0.2) is 41.1 Å². The van der Waals surface area contributed by atoms with Gasteiger partial charge in [-0.2, -0.15) is 0 Å². The molecule has 0 amide bonds. The minimum absolute atomic E-state index is 0.388. The van der Waals surface area contributed by atoms with Crippen LogP contribution in [-0.2, 0) is 0 Å². The number of fused-ring (bicyclic) bond motifs is 4. The third-order valence-corrected chi connectivity index (χ3v) is 10.3. The van der Waals surface area contributed by atoms with Gasteiger partial charge in [-0.25, -0.2) is 9.98 Å². The largest absolute Gasteiger partial charge is 0.369 e. The summed E-state index contributed by atoms with van der Waals surface area (Å²) in [5.74, 6) is 5.17. The molecule has 0 aromatic carbocycles. The molecule has 0 aromatic rings. The Morgan fingerprint density at radius 3 is 1.97 bits per heavy atom. The standard InChI is InChI=1S/C28H48N6/c29-27(30-23-7-3-1-4-8-23)33-34(24-9-5-2-6-10-24)28(31-25-17-19-11-13-21(25)15-19)32-26-18-20-12-14-22(26)16-20/h19-26H,1-18H2,(H,31,32)(H3,29,30,33). The van der Waals surface area contributed by atoms with Crippen molar-refractivity contribution >= 4 is 11.9 Å². The van der Waals surface area contributed by atoms with Crippen molar-refractivity contribution in [2.24, 2.45) is 39.4 Å². The lowest BCUT2D eigenvalue weighted by Gasteiger charge is -2.39. The number of hydrazine groups is 1. The van der Waals surface area contributed by atoms with Gasteiger partial charge in [-0.1, -0.05) is 51.4 Å². The van der Waals surface area contributed by atoms with Gasteiger partial charge < -0.3 is 11.1 Å². The lowest BCUT2D eigenvalue weighted by atomic mass is 9.94. The van der Waals surface area contributed by atoms with E-state index in [1.807, 2.05) is 0 Å². The van der Waals surface area contributed by atoms with E-state index in [9.17, 15) is 0 Å². The Morgan fingerprint density at radius 1 is 0.676 bits per heavy atom. The lowest BCUT2D eigenvalue weighted by molar-refractivity contribution is 0.201. The molecule has 4 N–H and O–H groups in total. The molecule has 6 aliphatic rings. The molecule has 6 heteroatoms. The molecule has 6 unspecified atom stereocenters. The van der Waals surface area contributed by atoms with Crippen molar-refractivity contribution < 1.29 is 0 Å². The van der Waals surface area contributed by atoms with Gasteiger partial charge in [-0.05, 0) is 87.9 Å². The summed E-state index contributed by atoms with van der Waals surface area (Å²) in [5.41, 5.74) is 10.2. The first-order valence-corrected chi connectivity index (χ1v) is 14.9. The average molecular weight is 469 g/mol. The Hall–Kier alpha value is -1.46. The number of hydrogen-bond acceptors (Lipinski definition) is 2. The molecular formula is C28H48N6. The van der Waals surface area contributed by atoms with Gasteiger partial charge in [0.25, 0.3) is 0 Å². The van der Waals surface area contributed by atoms with Gasteiger partial charge in [0.15, 0.2) is 0 Å². The van der Waals surface area contributed by atoms with Crippen LogP contribution in [0.3, 0.4) is 0 Å². The van der Waals surface area contributed by atoms with Crippen LogP contribution in [0.1, 0.15) is 116 Å². The number of nitrogens with one attached hydrogen (secondary N) is 2. The van der Waals surface area contributed by atoms with E-state index in [0.29, 0.717) is 30.1 Å². The molecule has 6 nitrogen and oxygen atoms in total. The molecule has 6 fully saturated rings. The molecule has 0 spiro atoms. The van der Waals surface area contributed by atoms with E-state index >= 15 is 0 Å². The zero-order valence-corrected chi connectivity index (χ0v) is 21.3. The monoisotopic (exact) mass is 468 g/mol. The van der Waals surface area contributed by atoms with Crippen molar-refractivity contribution in [2.75, 3.05) is 0 Å². The number of guanidine groups is 2. The van der Waals surface area contributed by atoms with Gasteiger partial charge >= 0.3 is 0 Å². The van der Waals surface area contributed by atoms with E-state index in [1.165, 1.54) is 116 Å². The summed E-state index contributed by atoms with van der Waals surface area (Å²) < 4.78 is 0. The molecule has 0 saturated heterocycles. The smallest absolute Gasteiger partial charge is 0.213 e. The highest BCUT2D eigenvalue weighted by atomic mass is 15.6. The zero-order valence-electron chi connectivity index (χ0n) is 21.3. The molecule has 34 heavy (non-hydrogen) atoms. The second kappa shape index (κ2) is 10.3. The Kier molecular flexibility index (Phi) is 6.93. The fourth-order valence-electron chi connectivity index (χ4n) is 8.50. The predicted octanol–water partition coefficient (Wildman–Crippen LogP) is 5.10. The van der Waals surface area contributed by atoms with Crippen LogP contribution in [0.25, 0.3) is 0 Å². The van der Waals surface area contributed by atoms with E-state index in [-0.39, 0.29) is 0 Å². The Bertz CT molecular complexity index is 752. The van der Waals surface area contributed by atoms with E-state index < -0.39 is 0 Å². The molecule has 0 radical (unpaired) electrons. The minimum atomic E-state index is 0.388. The molecule has 0 heterocycles. The molecule has 190 valence electrons. The maximum absolute atomic E-state index is 6.60. The fourth-order valence-corrected chi connectivity index (χ4v) is 8.50. The zero-order chi connectivity index (χ0) is 22.9. The Balaban J connectivity index is 1.25. The second-order valence-corrected chi connectivity index (χ2v) is 12.7. The maximum atomic E-state index is 6.60. The van der Waals surface area contributed by atoms with Gasteiger partial charge in [0, 0.05) is 6.04 Å².